The molecule has 2 saturated carbocycles. The van der Waals surface area contributed by atoms with Gasteiger partial charge in [0.2, 0.25) is 5.91 Å². The molecule has 1 aromatic heterocycles. The third-order valence-electron chi connectivity index (χ3n) is 6.57. The van der Waals surface area contributed by atoms with Crippen LogP contribution in [-0.4, -0.2) is 28.5 Å². The van der Waals surface area contributed by atoms with Gasteiger partial charge in [0.25, 0.3) is 0 Å². The largest absolute Gasteiger partial charge is 0.353 e. The Hall–Kier alpha value is -2.60. The maximum Gasteiger partial charge on any atom is 0.220 e. The molecule has 168 valence electrons. The Balaban J connectivity index is 1.55. The fraction of sp³-hybridized carbons (Fsp3) is 0.440. The van der Waals surface area contributed by atoms with Crippen LogP contribution < -0.4 is 5.32 Å². The highest BCUT2D eigenvalue weighted by Gasteiger charge is 2.44. The first kappa shape index (κ1) is 22.6. The van der Waals surface area contributed by atoms with Crippen molar-refractivity contribution in [3.05, 3.63) is 51.9 Å². The van der Waals surface area contributed by atoms with Crippen LogP contribution in [0.1, 0.15) is 61.1 Å². The standard InChI is InChI=1S/C25H26ClFN2O3/c1-13-7-15(24-19(27)11-17(26)12-28-24)8-14(2)22(13)23-20(30)9-16(25(23)32)10-21(31)29-18-5-3-4-6-18/h7-8,11-12,16,18,23H,3-6,9-10H2,1-2H3,(H,29,31). The van der Waals surface area contributed by atoms with Gasteiger partial charge in [0.05, 0.1) is 5.02 Å². The lowest BCUT2D eigenvalue weighted by Crippen LogP contribution is -2.34. The molecule has 1 heterocycles. The van der Waals surface area contributed by atoms with Gasteiger partial charge in [0.15, 0.2) is 11.6 Å². The van der Waals surface area contributed by atoms with Crippen LogP contribution in [0.25, 0.3) is 11.3 Å². The highest BCUT2D eigenvalue weighted by Crippen LogP contribution is 2.39. The third kappa shape index (κ3) is 4.46. The van der Waals surface area contributed by atoms with E-state index in [0.29, 0.717) is 11.1 Å². The molecule has 0 radical (unpaired) electrons. The summed E-state index contributed by atoms with van der Waals surface area (Å²) in [7, 11) is 0. The number of carbonyl (C=O) groups is 3. The summed E-state index contributed by atoms with van der Waals surface area (Å²) in [6.07, 6.45) is 5.67. The van der Waals surface area contributed by atoms with Gasteiger partial charge in [-0.05, 0) is 61.6 Å². The number of nitrogens with one attached hydrogen (secondary N) is 1. The number of amides is 1. The van der Waals surface area contributed by atoms with E-state index in [0.717, 1.165) is 36.8 Å². The minimum Gasteiger partial charge on any atom is -0.353 e. The van der Waals surface area contributed by atoms with Crippen molar-refractivity contribution in [2.75, 3.05) is 0 Å². The lowest BCUT2D eigenvalue weighted by molar-refractivity contribution is -0.129. The van der Waals surface area contributed by atoms with Gasteiger partial charge in [0.1, 0.15) is 17.4 Å². The van der Waals surface area contributed by atoms with E-state index in [9.17, 15) is 18.8 Å². The molecule has 7 heteroatoms. The van der Waals surface area contributed by atoms with Gasteiger partial charge in [0, 0.05) is 36.6 Å². The predicted octanol–water partition coefficient (Wildman–Crippen LogP) is 4.85. The minimum atomic E-state index is -0.878. The quantitative estimate of drug-likeness (QED) is 0.652. The molecule has 1 amide bonds. The lowest BCUT2D eigenvalue weighted by Gasteiger charge is -2.18. The first-order valence-electron chi connectivity index (χ1n) is 11.0. The number of nitrogens with zero attached hydrogens (tertiary/aromatic N) is 1. The molecule has 0 saturated heterocycles. The van der Waals surface area contributed by atoms with E-state index in [1.54, 1.807) is 26.0 Å². The van der Waals surface area contributed by atoms with Crippen LogP contribution >= 0.6 is 11.6 Å². The molecule has 2 aliphatic carbocycles. The molecule has 4 rings (SSSR count). The second-order valence-corrected chi connectivity index (χ2v) is 9.40. The van der Waals surface area contributed by atoms with E-state index < -0.39 is 17.7 Å². The molecule has 2 aromatic rings. The number of hydrogen-bond donors (Lipinski definition) is 1. The van der Waals surface area contributed by atoms with Crippen molar-refractivity contribution in [1.82, 2.24) is 10.3 Å². The summed E-state index contributed by atoms with van der Waals surface area (Å²) in [5.74, 6) is -2.53. The predicted molar refractivity (Wildman–Crippen MR) is 120 cm³/mol. The SMILES string of the molecule is Cc1cc(-c2ncc(Cl)cc2F)cc(C)c1C1C(=O)CC(CC(=O)NC2CCCC2)C1=O. The normalized spacial score (nSPS) is 21.4. The summed E-state index contributed by atoms with van der Waals surface area (Å²) in [5, 5.41) is 3.21. The van der Waals surface area contributed by atoms with Gasteiger partial charge in [-0.1, -0.05) is 24.4 Å². The van der Waals surface area contributed by atoms with Crippen LogP contribution in [0.5, 0.6) is 0 Å². The van der Waals surface area contributed by atoms with Crippen molar-refractivity contribution in [2.24, 2.45) is 5.92 Å². The molecule has 0 aliphatic heterocycles. The molecule has 2 fully saturated rings. The number of carbonyl (C=O) groups excluding carboxylic acids is 3. The van der Waals surface area contributed by atoms with Crippen LogP contribution in [0.2, 0.25) is 5.02 Å². The summed E-state index contributed by atoms with van der Waals surface area (Å²) < 4.78 is 14.4. The van der Waals surface area contributed by atoms with Gasteiger partial charge >= 0.3 is 0 Å². The summed E-state index contributed by atoms with van der Waals surface area (Å²) in [6, 6.07) is 4.86. The number of aromatic nitrogens is 1. The van der Waals surface area contributed by atoms with Crippen LogP contribution in [-0.2, 0) is 14.4 Å². The topological polar surface area (TPSA) is 76.1 Å². The number of aryl methyl sites for hydroxylation is 2. The van der Waals surface area contributed by atoms with Gasteiger partial charge in [-0.3, -0.25) is 19.4 Å². The first-order chi connectivity index (χ1) is 15.2. The highest BCUT2D eigenvalue weighted by molar-refractivity contribution is 6.30. The number of hydrogen-bond acceptors (Lipinski definition) is 4. The molecule has 1 aromatic carbocycles. The van der Waals surface area contributed by atoms with Crippen LogP contribution in [0.15, 0.2) is 24.4 Å². The van der Waals surface area contributed by atoms with Crippen molar-refractivity contribution in [3.8, 4) is 11.3 Å². The smallest absolute Gasteiger partial charge is 0.220 e. The zero-order valence-corrected chi connectivity index (χ0v) is 19.0. The molecule has 5 nitrogen and oxygen atoms in total. The van der Waals surface area contributed by atoms with Crippen molar-refractivity contribution in [3.63, 3.8) is 0 Å². The highest BCUT2D eigenvalue weighted by atomic mass is 35.5. The van der Waals surface area contributed by atoms with Gasteiger partial charge < -0.3 is 5.32 Å². The summed E-state index contributed by atoms with van der Waals surface area (Å²) >= 11 is 5.80. The Morgan fingerprint density at radius 2 is 1.81 bits per heavy atom. The number of rotatable bonds is 5. The van der Waals surface area contributed by atoms with Gasteiger partial charge in [-0.15, -0.1) is 0 Å². The maximum absolute atomic E-state index is 14.4. The molecule has 1 N–H and O–H groups in total. The van der Waals surface area contributed by atoms with Crippen LogP contribution in [0, 0.1) is 25.6 Å². The first-order valence-corrected chi connectivity index (χ1v) is 11.4. The average Bonchev–Trinajstić information content (AvgIpc) is 3.30. The Labute approximate surface area is 191 Å². The van der Waals surface area contributed by atoms with Gasteiger partial charge in [-0.2, -0.15) is 0 Å². The van der Waals surface area contributed by atoms with Crippen molar-refractivity contribution in [2.45, 2.75) is 64.3 Å². The second kappa shape index (κ2) is 9.10. The Morgan fingerprint density at radius 3 is 2.44 bits per heavy atom. The molecule has 2 atom stereocenters. The molecule has 0 bridgehead atoms. The Bertz CT molecular complexity index is 1070. The molecular formula is C25H26ClFN2O3. The summed E-state index contributed by atoms with van der Waals surface area (Å²) in [4.78, 5) is 42.5. The number of Topliss-reactive ketones (excluding diaryl/α,β-unsaturated/α-hetero) is 2. The maximum atomic E-state index is 14.4. The molecule has 2 unspecified atom stereocenters. The zero-order valence-electron chi connectivity index (χ0n) is 18.2. The monoisotopic (exact) mass is 456 g/mol. The number of halogens is 2. The fourth-order valence-corrected chi connectivity index (χ4v) is 5.25. The van der Waals surface area contributed by atoms with Crippen LogP contribution in [0.4, 0.5) is 4.39 Å². The zero-order chi connectivity index (χ0) is 23.0. The molecule has 0 spiro atoms. The minimum absolute atomic E-state index is 0.0493. The van der Waals surface area contributed by atoms with Crippen molar-refractivity contribution < 1.29 is 18.8 Å². The fourth-order valence-electron chi connectivity index (χ4n) is 5.11. The lowest BCUT2D eigenvalue weighted by atomic mass is 9.85. The van der Waals surface area contributed by atoms with E-state index in [1.807, 2.05) is 0 Å². The van der Waals surface area contributed by atoms with Crippen molar-refractivity contribution >= 4 is 29.1 Å². The summed E-state index contributed by atoms with van der Waals surface area (Å²) in [5.41, 5.74) is 2.82. The Kier molecular flexibility index (Phi) is 6.42. The Morgan fingerprint density at radius 1 is 1.16 bits per heavy atom. The number of ketones is 2. The van der Waals surface area contributed by atoms with Gasteiger partial charge in [-0.25, -0.2) is 4.39 Å². The summed E-state index contributed by atoms with van der Waals surface area (Å²) in [6.45, 7) is 3.61. The van der Waals surface area contributed by atoms with Crippen LogP contribution in [0.3, 0.4) is 0 Å². The van der Waals surface area contributed by atoms with E-state index in [-0.39, 0.29) is 47.1 Å². The second-order valence-electron chi connectivity index (χ2n) is 8.96. The number of pyridine rings is 1. The average molecular weight is 457 g/mol. The number of benzene rings is 1. The third-order valence-corrected chi connectivity index (χ3v) is 6.78. The molecule has 2 aliphatic rings. The van der Waals surface area contributed by atoms with E-state index in [4.69, 9.17) is 11.6 Å². The molecular weight excluding hydrogens is 431 g/mol. The molecule has 32 heavy (non-hydrogen) atoms. The van der Waals surface area contributed by atoms with Crippen molar-refractivity contribution in [1.29, 1.82) is 0 Å². The van der Waals surface area contributed by atoms with E-state index in [2.05, 4.69) is 10.3 Å². The van der Waals surface area contributed by atoms with E-state index in [1.165, 1.54) is 12.3 Å². The van der Waals surface area contributed by atoms with E-state index >= 15 is 0 Å².